The van der Waals surface area contributed by atoms with Gasteiger partial charge in [-0.3, -0.25) is 9.59 Å². The monoisotopic (exact) mass is 561 g/mol. The number of amides is 2. The highest BCUT2D eigenvalue weighted by Gasteiger charge is 2.42. The van der Waals surface area contributed by atoms with E-state index in [2.05, 4.69) is 25.6 Å². The predicted molar refractivity (Wildman–Crippen MR) is 166 cm³/mol. The number of carbonyl (C=O) groups is 2. The van der Waals surface area contributed by atoms with Crippen molar-refractivity contribution >= 4 is 44.5 Å². The third kappa shape index (κ3) is 4.94. The number of nitrogens with one attached hydrogen (secondary N) is 5. The molecule has 0 radical (unpaired) electrons. The van der Waals surface area contributed by atoms with Gasteiger partial charge in [0, 0.05) is 78.0 Å². The summed E-state index contributed by atoms with van der Waals surface area (Å²) in [5.74, 6) is -0.487. The van der Waals surface area contributed by atoms with Gasteiger partial charge in [0.2, 0.25) is 11.8 Å². The summed E-state index contributed by atoms with van der Waals surface area (Å²) in [6.07, 6.45) is 6.75. The smallest absolute Gasteiger partial charge is 0.242 e. The van der Waals surface area contributed by atoms with E-state index in [0.717, 1.165) is 49.4 Å². The van der Waals surface area contributed by atoms with Crippen molar-refractivity contribution in [2.75, 3.05) is 20.3 Å². The maximum Gasteiger partial charge on any atom is 0.242 e. The van der Waals surface area contributed by atoms with Crippen LogP contribution in [0.3, 0.4) is 0 Å². The molecule has 0 spiro atoms. The molecule has 1 atom stereocenters. The Morgan fingerprint density at radius 2 is 1.31 bits per heavy atom. The summed E-state index contributed by atoms with van der Waals surface area (Å²) in [7, 11) is 1.64. The number of H-pyrrole nitrogens is 3. The van der Waals surface area contributed by atoms with E-state index in [0.29, 0.717) is 26.0 Å². The molecule has 8 heteroatoms. The van der Waals surface area contributed by atoms with Gasteiger partial charge in [0.15, 0.2) is 0 Å². The molecule has 42 heavy (non-hydrogen) atoms. The van der Waals surface area contributed by atoms with Crippen molar-refractivity contribution in [3.63, 3.8) is 0 Å². The largest absolute Gasteiger partial charge is 0.385 e. The number of methoxy groups -OCH3 is 1. The molecule has 214 valence electrons. The zero-order valence-electron chi connectivity index (χ0n) is 23.8. The molecule has 3 aromatic carbocycles. The SMILES string of the molecule is COCCCNC(=O)[C@H](Cc1c[nH]c2ccccc12)NC(=O)C(C)(c1c[nH]c2ccccc12)c1c[nH]c2ccccc12. The Labute approximate surface area is 243 Å². The lowest BCUT2D eigenvalue weighted by Crippen LogP contribution is -2.53. The first-order chi connectivity index (χ1) is 20.5. The van der Waals surface area contributed by atoms with Gasteiger partial charge in [0.25, 0.3) is 0 Å². The van der Waals surface area contributed by atoms with Gasteiger partial charge in [-0.15, -0.1) is 0 Å². The molecule has 0 saturated heterocycles. The molecule has 0 aliphatic heterocycles. The topological polar surface area (TPSA) is 115 Å². The fourth-order valence-electron chi connectivity index (χ4n) is 5.94. The highest BCUT2D eigenvalue weighted by molar-refractivity contribution is 6.03. The number of carbonyl (C=O) groups excluding carboxylic acids is 2. The summed E-state index contributed by atoms with van der Waals surface area (Å²) in [6, 6.07) is 23.1. The van der Waals surface area contributed by atoms with E-state index >= 15 is 0 Å². The Morgan fingerprint density at radius 3 is 1.90 bits per heavy atom. The van der Waals surface area contributed by atoms with Crippen molar-refractivity contribution < 1.29 is 14.3 Å². The minimum Gasteiger partial charge on any atom is -0.385 e. The van der Waals surface area contributed by atoms with E-state index in [1.54, 1.807) is 7.11 Å². The van der Waals surface area contributed by atoms with Gasteiger partial charge in [-0.25, -0.2) is 0 Å². The molecular weight excluding hydrogens is 526 g/mol. The van der Waals surface area contributed by atoms with Crippen molar-refractivity contribution in [3.8, 4) is 0 Å². The number of ether oxygens (including phenoxy) is 1. The first-order valence-electron chi connectivity index (χ1n) is 14.3. The van der Waals surface area contributed by atoms with Crippen molar-refractivity contribution in [2.45, 2.75) is 31.2 Å². The molecule has 3 aromatic heterocycles. The molecule has 6 rings (SSSR count). The first-order valence-corrected chi connectivity index (χ1v) is 14.3. The van der Waals surface area contributed by atoms with Crippen molar-refractivity contribution in [1.29, 1.82) is 0 Å². The number of hydrogen-bond acceptors (Lipinski definition) is 3. The summed E-state index contributed by atoms with van der Waals surface area (Å²) in [4.78, 5) is 38.3. The summed E-state index contributed by atoms with van der Waals surface area (Å²) in [5.41, 5.74) is 4.39. The van der Waals surface area contributed by atoms with E-state index < -0.39 is 11.5 Å². The number of para-hydroxylation sites is 3. The van der Waals surface area contributed by atoms with Gasteiger partial charge >= 0.3 is 0 Å². The molecule has 0 bridgehead atoms. The van der Waals surface area contributed by atoms with Gasteiger partial charge < -0.3 is 30.3 Å². The highest BCUT2D eigenvalue weighted by Crippen LogP contribution is 2.40. The van der Waals surface area contributed by atoms with E-state index in [4.69, 9.17) is 4.74 Å². The average molecular weight is 562 g/mol. The lowest BCUT2D eigenvalue weighted by atomic mass is 9.75. The van der Waals surface area contributed by atoms with Crippen LogP contribution in [-0.2, 0) is 26.2 Å². The van der Waals surface area contributed by atoms with E-state index in [-0.39, 0.29) is 11.8 Å². The van der Waals surface area contributed by atoms with Crippen LogP contribution in [0.4, 0.5) is 0 Å². The third-order valence-corrected chi connectivity index (χ3v) is 8.26. The minimum atomic E-state index is -1.12. The number of benzene rings is 3. The Balaban J connectivity index is 1.41. The quantitative estimate of drug-likeness (QED) is 0.138. The van der Waals surface area contributed by atoms with Gasteiger partial charge in [-0.2, -0.15) is 0 Å². The van der Waals surface area contributed by atoms with Gasteiger partial charge in [0.05, 0.1) is 0 Å². The zero-order chi connectivity index (χ0) is 29.1. The lowest BCUT2D eigenvalue weighted by Gasteiger charge is -2.31. The molecular formula is C34H35N5O3. The summed E-state index contributed by atoms with van der Waals surface area (Å²) in [5, 5.41) is 9.13. The van der Waals surface area contributed by atoms with Crippen LogP contribution >= 0.6 is 0 Å². The van der Waals surface area contributed by atoms with Gasteiger partial charge in [0.1, 0.15) is 11.5 Å². The van der Waals surface area contributed by atoms with Gasteiger partial charge in [-0.05, 0) is 48.2 Å². The zero-order valence-corrected chi connectivity index (χ0v) is 23.8. The second-order valence-corrected chi connectivity index (χ2v) is 10.8. The normalized spacial score (nSPS) is 12.6. The van der Waals surface area contributed by atoms with E-state index in [9.17, 15) is 9.59 Å². The van der Waals surface area contributed by atoms with Crippen molar-refractivity contribution in [2.24, 2.45) is 0 Å². The van der Waals surface area contributed by atoms with Crippen LogP contribution < -0.4 is 10.6 Å². The second kappa shape index (κ2) is 11.6. The van der Waals surface area contributed by atoms with Crippen LogP contribution in [-0.4, -0.2) is 53.1 Å². The van der Waals surface area contributed by atoms with Crippen molar-refractivity contribution in [3.05, 3.63) is 108 Å². The number of aromatic nitrogens is 3. The molecule has 0 saturated carbocycles. The van der Waals surface area contributed by atoms with Crippen LogP contribution in [0.1, 0.15) is 30.0 Å². The molecule has 2 amide bonds. The fourth-order valence-corrected chi connectivity index (χ4v) is 5.94. The molecule has 0 fully saturated rings. The highest BCUT2D eigenvalue weighted by atomic mass is 16.5. The minimum absolute atomic E-state index is 0.232. The van der Waals surface area contributed by atoms with Crippen molar-refractivity contribution in [1.82, 2.24) is 25.6 Å². The van der Waals surface area contributed by atoms with Crippen LogP contribution in [0, 0.1) is 0 Å². The summed E-state index contributed by atoms with van der Waals surface area (Å²) >= 11 is 0. The van der Waals surface area contributed by atoms with Crippen LogP contribution in [0.5, 0.6) is 0 Å². The Kier molecular flexibility index (Phi) is 7.54. The summed E-state index contributed by atoms with van der Waals surface area (Å²) < 4.78 is 5.15. The fraction of sp³-hybridized carbons (Fsp3) is 0.235. The standard InChI is InChI=1S/C34H35N5O3/c1-34(26-20-37-29-14-7-4-11-24(26)29,27-21-38-30-15-8-5-12-25(27)30)33(41)39-31(32(40)35-16-9-17-42-2)18-22-19-36-28-13-6-3-10-23(22)28/h3-8,10-15,19-21,31,36-38H,9,16-18H2,1-2H3,(H,35,40)(H,39,41)/t31-/m0/s1. The number of aromatic amines is 3. The van der Waals surface area contributed by atoms with E-state index in [1.807, 2.05) is 98.3 Å². The Morgan fingerprint density at radius 1 is 0.786 bits per heavy atom. The number of fused-ring (bicyclic) bond motifs is 3. The maximum atomic E-state index is 14.7. The van der Waals surface area contributed by atoms with Gasteiger partial charge in [-0.1, -0.05) is 54.6 Å². The molecule has 3 heterocycles. The third-order valence-electron chi connectivity index (χ3n) is 8.26. The molecule has 6 aromatic rings. The number of hydrogen-bond donors (Lipinski definition) is 5. The molecule has 5 N–H and O–H groups in total. The molecule has 0 unspecified atom stereocenters. The Bertz CT molecular complexity index is 1790. The Hall–Kier alpha value is -4.82. The predicted octanol–water partition coefficient (Wildman–Crippen LogP) is 5.32. The van der Waals surface area contributed by atoms with Crippen LogP contribution in [0.15, 0.2) is 91.4 Å². The summed E-state index contributed by atoms with van der Waals surface area (Å²) in [6.45, 7) is 2.93. The van der Waals surface area contributed by atoms with E-state index in [1.165, 1.54) is 0 Å². The first kappa shape index (κ1) is 27.4. The maximum absolute atomic E-state index is 14.7. The average Bonchev–Trinajstić information content (AvgIpc) is 3.76. The molecule has 0 aliphatic rings. The second-order valence-electron chi connectivity index (χ2n) is 10.8. The van der Waals surface area contributed by atoms with Crippen LogP contribution in [0.2, 0.25) is 0 Å². The van der Waals surface area contributed by atoms with Crippen LogP contribution in [0.25, 0.3) is 32.7 Å². The molecule has 0 aliphatic carbocycles. The number of rotatable bonds is 11. The molecule has 8 nitrogen and oxygen atoms in total. The lowest BCUT2D eigenvalue weighted by molar-refractivity contribution is -0.131.